The molecule has 0 radical (unpaired) electrons. The standard InChI is InChI=1S/C20H30NO3/c22-21(23-19-7-13-1-14(8-19)3-15(2-13)9-19)24-20-10-16-4-17(11-20)6-18(5-16)12-20/h13-18H,1-12H2/q+1. The summed E-state index contributed by atoms with van der Waals surface area (Å²) in [7, 11) is 0. The van der Waals surface area contributed by atoms with E-state index in [0.717, 1.165) is 74.0 Å². The van der Waals surface area contributed by atoms with Gasteiger partial charge in [0.1, 0.15) is 4.91 Å². The molecule has 8 rings (SSSR count). The van der Waals surface area contributed by atoms with Gasteiger partial charge in [-0.05, 0) is 113 Å². The lowest BCUT2D eigenvalue weighted by molar-refractivity contribution is -1.01. The summed E-state index contributed by atoms with van der Waals surface area (Å²) in [6.07, 6.45) is 14.7. The zero-order valence-electron chi connectivity index (χ0n) is 14.6. The highest BCUT2D eigenvalue weighted by Gasteiger charge is 2.60. The van der Waals surface area contributed by atoms with Gasteiger partial charge in [0.2, 0.25) is 0 Å². The van der Waals surface area contributed by atoms with Crippen LogP contribution in [0.4, 0.5) is 0 Å². The zero-order valence-corrected chi connectivity index (χ0v) is 14.6. The second-order valence-corrected chi connectivity index (χ2v) is 10.6. The van der Waals surface area contributed by atoms with Crippen LogP contribution in [0.2, 0.25) is 0 Å². The third-order valence-corrected chi connectivity index (χ3v) is 8.50. The van der Waals surface area contributed by atoms with Crippen LogP contribution >= 0.6 is 0 Å². The average Bonchev–Trinajstić information content (AvgIpc) is 2.42. The summed E-state index contributed by atoms with van der Waals surface area (Å²) in [4.78, 5) is 24.8. The SMILES string of the molecule is O=[N+](OC12CC3CC(CC(C3)C1)C2)OC12CC3CC(CC(C3)C1)C2. The van der Waals surface area contributed by atoms with Gasteiger partial charge in [-0.3, -0.25) is 0 Å². The maximum absolute atomic E-state index is 12.7. The number of hydrogen-bond acceptors (Lipinski definition) is 3. The van der Waals surface area contributed by atoms with E-state index in [4.69, 9.17) is 9.68 Å². The molecule has 0 amide bonds. The summed E-state index contributed by atoms with van der Waals surface area (Å²) in [5.41, 5.74) is -0.391. The Morgan fingerprint density at radius 2 is 0.792 bits per heavy atom. The molecule has 8 saturated carbocycles. The van der Waals surface area contributed by atoms with Gasteiger partial charge in [-0.1, -0.05) is 0 Å². The quantitative estimate of drug-likeness (QED) is 0.708. The molecule has 24 heavy (non-hydrogen) atoms. The van der Waals surface area contributed by atoms with E-state index in [2.05, 4.69) is 0 Å². The molecule has 0 saturated heterocycles. The molecule has 0 spiro atoms. The van der Waals surface area contributed by atoms with E-state index in [0.29, 0.717) is 5.09 Å². The van der Waals surface area contributed by atoms with Crippen molar-refractivity contribution in [2.24, 2.45) is 35.5 Å². The van der Waals surface area contributed by atoms with Gasteiger partial charge in [0, 0.05) is 0 Å². The van der Waals surface area contributed by atoms with E-state index in [1.807, 2.05) is 0 Å². The van der Waals surface area contributed by atoms with Crippen LogP contribution in [0.5, 0.6) is 0 Å². The van der Waals surface area contributed by atoms with Crippen molar-refractivity contribution in [1.29, 1.82) is 0 Å². The van der Waals surface area contributed by atoms with Crippen molar-refractivity contribution in [2.75, 3.05) is 0 Å². The van der Waals surface area contributed by atoms with Crippen molar-refractivity contribution in [3.8, 4) is 0 Å². The summed E-state index contributed by atoms with van der Waals surface area (Å²) < 4.78 is 0. The minimum atomic E-state index is -0.196. The van der Waals surface area contributed by atoms with Gasteiger partial charge < -0.3 is 0 Å². The van der Waals surface area contributed by atoms with Gasteiger partial charge in [-0.25, -0.2) is 0 Å². The van der Waals surface area contributed by atoms with Crippen molar-refractivity contribution < 1.29 is 14.8 Å². The molecule has 8 bridgehead atoms. The Balaban J connectivity index is 1.17. The number of nitrogens with zero attached hydrogens (tertiary/aromatic N) is 1. The minimum Gasteiger partial charge on any atom is -0.180 e. The summed E-state index contributed by atoms with van der Waals surface area (Å²) in [6, 6.07) is 0. The third kappa shape index (κ3) is 2.17. The molecule has 4 heteroatoms. The van der Waals surface area contributed by atoms with Gasteiger partial charge >= 0.3 is 5.09 Å². The Kier molecular flexibility index (Phi) is 2.80. The van der Waals surface area contributed by atoms with Crippen LogP contribution in [0.15, 0.2) is 0 Å². The Labute approximate surface area is 144 Å². The molecule has 8 aliphatic rings. The van der Waals surface area contributed by atoms with Crippen LogP contribution in [0, 0.1) is 40.4 Å². The normalized spacial score (nSPS) is 56.5. The largest absolute Gasteiger partial charge is 0.478 e. The first-order valence-electron chi connectivity index (χ1n) is 10.4. The highest BCUT2D eigenvalue weighted by atomic mass is 17.0. The fourth-order valence-corrected chi connectivity index (χ4v) is 8.62. The van der Waals surface area contributed by atoms with E-state index in [1.165, 1.54) is 38.5 Å². The number of hydrogen-bond donors (Lipinski definition) is 0. The summed E-state index contributed by atoms with van der Waals surface area (Å²) in [5, 5.41) is 0.597. The Morgan fingerprint density at radius 1 is 0.542 bits per heavy atom. The molecule has 8 fully saturated rings. The Hall–Kier alpha value is -0.800. The summed E-state index contributed by atoms with van der Waals surface area (Å²) in [5.74, 6) is 4.77. The second kappa shape index (κ2) is 4.67. The van der Waals surface area contributed by atoms with Crippen LogP contribution < -0.4 is 0 Å². The topological polar surface area (TPSA) is 38.5 Å². The highest BCUT2D eigenvalue weighted by molar-refractivity contribution is 5.03. The molecule has 0 unspecified atom stereocenters. The number of rotatable bonds is 4. The lowest BCUT2D eigenvalue weighted by atomic mass is 9.54. The van der Waals surface area contributed by atoms with E-state index in [-0.39, 0.29) is 11.2 Å². The third-order valence-electron chi connectivity index (χ3n) is 8.50. The monoisotopic (exact) mass is 332 g/mol. The molecule has 0 aliphatic heterocycles. The van der Waals surface area contributed by atoms with Crippen LogP contribution in [-0.2, 0) is 9.68 Å². The van der Waals surface area contributed by atoms with Crippen molar-refractivity contribution in [2.45, 2.75) is 88.3 Å². The van der Waals surface area contributed by atoms with Crippen molar-refractivity contribution in [1.82, 2.24) is 0 Å². The molecule has 0 aromatic heterocycles. The smallest absolute Gasteiger partial charge is 0.180 e. The molecule has 8 aliphatic carbocycles. The molecule has 0 aromatic rings. The first kappa shape index (κ1) is 14.4. The lowest BCUT2D eigenvalue weighted by Crippen LogP contribution is -2.56. The molecule has 132 valence electrons. The van der Waals surface area contributed by atoms with Crippen molar-refractivity contribution in [3.05, 3.63) is 4.91 Å². The van der Waals surface area contributed by atoms with Crippen LogP contribution in [0.25, 0.3) is 0 Å². The predicted octanol–water partition coefficient (Wildman–Crippen LogP) is 4.57. The lowest BCUT2D eigenvalue weighted by Gasteiger charge is -2.53. The van der Waals surface area contributed by atoms with Gasteiger partial charge in [0.25, 0.3) is 0 Å². The Bertz CT molecular complexity index is 453. The van der Waals surface area contributed by atoms with Crippen molar-refractivity contribution >= 4 is 0 Å². The molecule has 0 aromatic carbocycles. The van der Waals surface area contributed by atoms with E-state index in [1.54, 1.807) is 0 Å². The molecule has 4 nitrogen and oxygen atoms in total. The van der Waals surface area contributed by atoms with Crippen molar-refractivity contribution in [3.63, 3.8) is 0 Å². The fraction of sp³-hybridized carbons (Fsp3) is 1.00. The molecule has 0 heterocycles. The highest BCUT2D eigenvalue weighted by Crippen LogP contribution is 2.59. The average molecular weight is 332 g/mol. The first-order chi connectivity index (χ1) is 11.6. The molecular weight excluding hydrogens is 302 g/mol. The summed E-state index contributed by atoms with van der Waals surface area (Å²) >= 11 is 0. The molecule has 0 N–H and O–H groups in total. The van der Waals surface area contributed by atoms with Crippen LogP contribution in [-0.4, -0.2) is 16.3 Å². The van der Waals surface area contributed by atoms with Gasteiger partial charge in [-0.15, -0.1) is 0 Å². The van der Waals surface area contributed by atoms with E-state index in [9.17, 15) is 4.91 Å². The maximum atomic E-state index is 12.7. The fourth-order valence-electron chi connectivity index (χ4n) is 8.62. The van der Waals surface area contributed by atoms with Gasteiger partial charge in [0.15, 0.2) is 11.2 Å². The Morgan fingerprint density at radius 3 is 1.04 bits per heavy atom. The first-order valence-corrected chi connectivity index (χ1v) is 10.4. The predicted molar refractivity (Wildman–Crippen MR) is 87.6 cm³/mol. The summed E-state index contributed by atoms with van der Waals surface area (Å²) in [6.45, 7) is 0. The van der Waals surface area contributed by atoms with E-state index >= 15 is 0 Å². The zero-order chi connectivity index (χ0) is 15.9. The van der Waals surface area contributed by atoms with Gasteiger partial charge in [-0.2, -0.15) is 9.68 Å². The minimum absolute atomic E-state index is 0.196. The second-order valence-electron chi connectivity index (χ2n) is 10.6. The van der Waals surface area contributed by atoms with Crippen LogP contribution in [0.1, 0.15) is 77.0 Å². The molecular formula is C20H30NO3+. The molecule has 0 atom stereocenters. The van der Waals surface area contributed by atoms with Crippen LogP contribution in [0.3, 0.4) is 0 Å². The van der Waals surface area contributed by atoms with E-state index < -0.39 is 0 Å². The maximum Gasteiger partial charge on any atom is 0.478 e. The van der Waals surface area contributed by atoms with Gasteiger partial charge in [0.05, 0.1) is 0 Å².